The number of hydrogen-bond donors (Lipinski definition) is 1. The van der Waals surface area contributed by atoms with Gasteiger partial charge in [0.25, 0.3) is 5.91 Å². The number of amides is 1. The monoisotopic (exact) mass is 277 g/mol. The lowest BCUT2D eigenvalue weighted by Crippen LogP contribution is -2.39. The number of nitrogens with one attached hydrogen (secondary N) is 1. The summed E-state index contributed by atoms with van der Waals surface area (Å²) in [6.45, 7) is 6.35. The van der Waals surface area contributed by atoms with Crippen molar-refractivity contribution in [3.8, 4) is 5.75 Å². The molecule has 1 N–H and O–H groups in total. The summed E-state index contributed by atoms with van der Waals surface area (Å²) in [7, 11) is 0. The molecule has 1 fully saturated rings. The maximum atomic E-state index is 12.3. The molecule has 2 rings (SSSR count). The minimum absolute atomic E-state index is 0.0271. The Labute approximate surface area is 118 Å². The quantitative estimate of drug-likeness (QED) is 0.674. The number of esters is 1. The van der Waals surface area contributed by atoms with E-state index in [1.54, 1.807) is 25.1 Å². The van der Waals surface area contributed by atoms with Crippen LogP contribution in [0, 0.1) is 12.8 Å². The van der Waals surface area contributed by atoms with Crippen LogP contribution in [0.1, 0.15) is 29.8 Å². The molecule has 0 aromatic heterocycles. The van der Waals surface area contributed by atoms with Crippen molar-refractivity contribution in [1.29, 1.82) is 0 Å². The molecule has 0 radical (unpaired) electrons. The number of carbonyl (C=O) groups excluding carboxylic acids is 2. The Morgan fingerprint density at radius 3 is 2.70 bits per heavy atom. The summed E-state index contributed by atoms with van der Waals surface area (Å²) in [5.41, 5.74) is 1.18. The maximum Gasteiger partial charge on any atom is 0.308 e. The summed E-state index contributed by atoms with van der Waals surface area (Å²) in [4.78, 5) is 23.3. The molecule has 5 heteroatoms. The number of ether oxygens (including phenoxy) is 2. The van der Waals surface area contributed by atoms with Crippen molar-refractivity contribution in [2.45, 2.75) is 26.8 Å². The molecule has 1 unspecified atom stereocenters. The zero-order valence-corrected chi connectivity index (χ0v) is 11.9. The van der Waals surface area contributed by atoms with E-state index in [-0.39, 0.29) is 11.9 Å². The van der Waals surface area contributed by atoms with Gasteiger partial charge in [-0.2, -0.15) is 0 Å². The highest BCUT2D eigenvalue weighted by molar-refractivity contribution is 5.96. The predicted octanol–water partition coefficient (Wildman–Crippen LogP) is 1.69. The average molecular weight is 277 g/mol. The second-order valence-electron chi connectivity index (χ2n) is 5.12. The van der Waals surface area contributed by atoms with Gasteiger partial charge in [-0.15, -0.1) is 0 Å². The molecular formula is C15H19NO4. The topological polar surface area (TPSA) is 64.6 Å². The highest BCUT2D eigenvalue weighted by atomic mass is 16.5. The average Bonchev–Trinajstić information content (AvgIpc) is 2.77. The number of rotatable bonds is 3. The Balaban J connectivity index is 2.15. The molecule has 108 valence electrons. The van der Waals surface area contributed by atoms with E-state index in [1.807, 2.05) is 6.92 Å². The van der Waals surface area contributed by atoms with Crippen LogP contribution in [0.4, 0.5) is 0 Å². The van der Waals surface area contributed by atoms with Crippen molar-refractivity contribution in [2.24, 2.45) is 5.92 Å². The first-order valence-electron chi connectivity index (χ1n) is 6.65. The van der Waals surface area contributed by atoms with Gasteiger partial charge in [-0.3, -0.25) is 9.59 Å². The van der Waals surface area contributed by atoms with E-state index < -0.39 is 5.97 Å². The zero-order chi connectivity index (χ0) is 14.7. The van der Waals surface area contributed by atoms with E-state index in [2.05, 4.69) is 5.32 Å². The second kappa shape index (κ2) is 6.05. The fourth-order valence-corrected chi connectivity index (χ4v) is 2.22. The van der Waals surface area contributed by atoms with Crippen molar-refractivity contribution in [3.63, 3.8) is 0 Å². The van der Waals surface area contributed by atoms with Gasteiger partial charge in [-0.05, 0) is 19.1 Å². The SMILES string of the molecule is CC(=O)Oc1cccc(C(=O)NC2COC[C@@H]2C)c1C. The third-order valence-corrected chi connectivity index (χ3v) is 3.46. The van der Waals surface area contributed by atoms with E-state index in [9.17, 15) is 9.59 Å². The van der Waals surface area contributed by atoms with Gasteiger partial charge in [0.05, 0.1) is 19.3 Å². The fourth-order valence-electron chi connectivity index (χ4n) is 2.22. The van der Waals surface area contributed by atoms with E-state index >= 15 is 0 Å². The lowest BCUT2D eigenvalue weighted by atomic mass is 10.0. The van der Waals surface area contributed by atoms with Crippen LogP contribution < -0.4 is 10.1 Å². The maximum absolute atomic E-state index is 12.3. The van der Waals surface area contributed by atoms with Crippen molar-refractivity contribution >= 4 is 11.9 Å². The molecule has 1 saturated heterocycles. The van der Waals surface area contributed by atoms with E-state index in [0.717, 1.165) is 0 Å². The van der Waals surface area contributed by atoms with E-state index in [4.69, 9.17) is 9.47 Å². The Hall–Kier alpha value is -1.88. The normalized spacial score (nSPS) is 21.6. The second-order valence-corrected chi connectivity index (χ2v) is 5.12. The molecule has 1 aromatic carbocycles. The number of hydrogen-bond acceptors (Lipinski definition) is 4. The molecule has 20 heavy (non-hydrogen) atoms. The van der Waals surface area contributed by atoms with Gasteiger partial charge in [0.2, 0.25) is 0 Å². The first-order valence-corrected chi connectivity index (χ1v) is 6.65. The van der Waals surface area contributed by atoms with Crippen LogP contribution in [0.15, 0.2) is 18.2 Å². The highest BCUT2D eigenvalue weighted by Crippen LogP contribution is 2.22. The molecule has 1 aromatic rings. The third kappa shape index (κ3) is 3.17. The Morgan fingerprint density at radius 2 is 2.10 bits per heavy atom. The van der Waals surface area contributed by atoms with Crippen LogP contribution in [-0.2, 0) is 9.53 Å². The Bertz CT molecular complexity index is 527. The zero-order valence-electron chi connectivity index (χ0n) is 11.9. The molecule has 0 aliphatic carbocycles. The van der Waals surface area contributed by atoms with Crippen LogP contribution in [0.25, 0.3) is 0 Å². The summed E-state index contributed by atoms with van der Waals surface area (Å²) >= 11 is 0. The Morgan fingerprint density at radius 1 is 1.35 bits per heavy atom. The van der Waals surface area contributed by atoms with Gasteiger partial charge in [-0.25, -0.2) is 0 Å². The predicted molar refractivity (Wildman–Crippen MR) is 73.7 cm³/mol. The standard InChI is InChI=1S/C15H19NO4/c1-9-7-19-8-13(9)16-15(18)12-5-4-6-14(10(12)2)20-11(3)17/h4-6,9,13H,7-8H2,1-3H3,(H,16,18)/t9-,13?/m0/s1. The van der Waals surface area contributed by atoms with Crippen LogP contribution in [0.3, 0.4) is 0 Å². The molecule has 5 nitrogen and oxygen atoms in total. The molecule has 1 aliphatic heterocycles. The summed E-state index contributed by atoms with van der Waals surface area (Å²) in [6, 6.07) is 5.13. The third-order valence-electron chi connectivity index (χ3n) is 3.46. The highest BCUT2D eigenvalue weighted by Gasteiger charge is 2.26. The van der Waals surface area contributed by atoms with Gasteiger partial charge in [0.1, 0.15) is 5.75 Å². The fraction of sp³-hybridized carbons (Fsp3) is 0.467. The first kappa shape index (κ1) is 14.5. The molecule has 0 bridgehead atoms. The smallest absolute Gasteiger partial charge is 0.308 e. The minimum Gasteiger partial charge on any atom is -0.426 e. The van der Waals surface area contributed by atoms with Crippen molar-refractivity contribution < 1.29 is 19.1 Å². The van der Waals surface area contributed by atoms with Crippen molar-refractivity contribution in [2.75, 3.05) is 13.2 Å². The van der Waals surface area contributed by atoms with Crippen LogP contribution in [-0.4, -0.2) is 31.1 Å². The van der Waals surface area contributed by atoms with Gasteiger partial charge in [0, 0.05) is 24.0 Å². The molecule has 1 aliphatic rings. The molecule has 1 amide bonds. The van der Waals surface area contributed by atoms with Gasteiger partial charge < -0.3 is 14.8 Å². The Kier molecular flexibility index (Phi) is 4.39. The number of carbonyl (C=O) groups is 2. The largest absolute Gasteiger partial charge is 0.426 e. The molecule has 2 atom stereocenters. The van der Waals surface area contributed by atoms with Crippen molar-refractivity contribution in [3.05, 3.63) is 29.3 Å². The molecular weight excluding hydrogens is 258 g/mol. The van der Waals surface area contributed by atoms with E-state index in [0.29, 0.717) is 36.0 Å². The van der Waals surface area contributed by atoms with Crippen molar-refractivity contribution in [1.82, 2.24) is 5.32 Å². The van der Waals surface area contributed by atoms with Crippen LogP contribution >= 0.6 is 0 Å². The molecule has 0 spiro atoms. The van der Waals surface area contributed by atoms with Gasteiger partial charge >= 0.3 is 5.97 Å². The van der Waals surface area contributed by atoms with Crippen LogP contribution in [0.2, 0.25) is 0 Å². The van der Waals surface area contributed by atoms with E-state index in [1.165, 1.54) is 6.92 Å². The molecule has 1 heterocycles. The summed E-state index contributed by atoms with van der Waals surface area (Å²) in [5.74, 6) is 0.152. The van der Waals surface area contributed by atoms with Crippen LogP contribution in [0.5, 0.6) is 5.75 Å². The lowest BCUT2D eigenvalue weighted by Gasteiger charge is -2.17. The molecule has 0 saturated carbocycles. The number of benzene rings is 1. The summed E-state index contributed by atoms with van der Waals surface area (Å²) in [6.07, 6.45) is 0. The first-order chi connectivity index (χ1) is 9.49. The summed E-state index contributed by atoms with van der Waals surface area (Å²) in [5, 5.41) is 2.96. The van der Waals surface area contributed by atoms with Gasteiger partial charge in [-0.1, -0.05) is 13.0 Å². The minimum atomic E-state index is -0.400. The summed E-state index contributed by atoms with van der Waals surface area (Å²) < 4.78 is 10.4. The lowest BCUT2D eigenvalue weighted by molar-refractivity contribution is -0.131. The van der Waals surface area contributed by atoms with Gasteiger partial charge in [0.15, 0.2) is 0 Å².